The number of halogens is 1. The van der Waals surface area contributed by atoms with Gasteiger partial charge in [0.05, 0.1) is 28.6 Å². The first-order valence-corrected chi connectivity index (χ1v) is 16.5. The lowest BCUT2D eigenvalue weighted by Gasteiger charge is -2.41. The highest BCUT2D eigenvalue weighted by Crippen LogP contribution is 2.50. The zero-order valence-electron chi connectivity index (χ0n) is 25.8. The molecule has 0 aliphatic carbocycles. The molecular formula is C34H37FN4O5S. The first-order chi connectivity index (χ1) is 21.4. The summed E-state index contributed by atoms with van der Waals surface area (Å²) in [6.45, 7) is 4.88. The molecule has 3 heterocycles. The maximum Gasteiger partial charge on any atom is 0.262 e. The molecule has 6 rings (SSSR count). The molecule has 2 fully saturated rings. The molecule has 0 bridgehead atoms. The number of piperidine rings is 1. The predicted molar refractivity (Wildman–Crippen MR) is 170 cm³/mol. The first kappa shape index (κ1) is 30.6. The molecule has 2 amide bonds. The first-order valence-electron chi connectivity index (χ1n) is 15.0. The Morgan fingerprint density at radius 3 is 2.36 bits per heavy atom. The number of likely N-dealkylation sites (N-methyl/N-ethyl adjacent to an activating group) is 1. The molecule has 2 aliphatic rings. The average molecular weight is 633 g/mol. The van der Waals surface area contributed by atoms with Crippen LogP contribution >= 0.6 is 0 Å². The second-order valence-corrected chi connectivity index (χ2v) is 13.8. The van der Waals surface area contributed by atoms with Gasteiger partial charge in [-0.15, -0.1) is 0 Å². The van der Waals surface area contributed by atoms with Gasteiger partial charge in [0, 0.05) is 44.2 Å². The van der Waals surface area contributed by atoms with Crippen LogP contribution < -0.4 is 9.46 Å². The van der Waals surface area contributed by atoms with Gasteiger partial charge in [-0.25, -0.2) is 12.8 Å². The Kier molecular flexibility index (Phi) is 7.84. The third-order valence-corrected chi connectivity index (χ3v) is 11.1. The van der Waals surface area contributed by atoms with Gasteiger partial charge in [-0.1, -0.05) is 24.3 Å². The molecule has 1 atom stereocenters. The molecule has 3 aromatic carbocycles. The fourth-order valence-electron chi connectivity index (χ4n) is 7.27. The van der Waals surface area contributed by atoms with Crippen molar-refractivity contribution in [3.05, 3.63) is 89.4 Å². The number of nitrogens with zero attached hydrogens (tertiary/aromatic N) is 3. The van der Waals surface area contributed by atoms with E-state index in [1.807, 2.05) is 12.1 Å². The van der Waals surface area contributed by atoms with Crippen LogP contribution in [0.1, 0.15) is 35.4 Å². The molecule has 9 nitrogen and oxygen atoms in total. The van der Waals surface area contributed by atoms with Crippen molar-refractivity contribution in [2.75, 3.05) is 38.5 Å². The Morgan fingerprint density at radius 1 is 1.04 bits per heavy atom. The van der Waals surface area contributed by atoms with Crippen molar-refractivity contribution in [3.63, 3.8) is 0 Å². The molecule has 2 aliphatic heterocycles. The van der Waals surface area contributed by atoms with E-state index in [9.17, 15) is 22.4 Å². The normalized spacial score (nSPS) is 18.2. The summed E-state index contributed by atoms with van der Waals surface area (Å²) in [5, 5.41) is 0.797. The largest absolute Gasteiger partial charge is 0.497 e. The number of ether oxygens (including phenoxy) is 1. The monoisotopic (exact) mass is 632 g/mol. The van der Waals surface area contributed by atoms with Gasteiger partial charge >= 0.3 is 0 Å². The Labute approximate surface area is 262 Å². The number of methoxy groups -OCH3 is 1. The van der Waals surface area contributed by atoms with E-state index in [2.05, 4.69) is 4.72 Å². The van der Waals surface area contributed by atoms with Gasteiger partial charge in [0.2, 0.25) is 11.8 Å². The van der Waals surface area contributed by atoms with Gasteiger partial charge in [0.25, 0.3) is 10.0 Å². The third-order valence-electron chi connectivity index (χ3n) is 9.45. The van der Waals surface area contributed by atoms with Crippen LogP contribution in [0.2, 0.25) is 0 Å². The molecule has 1 spiro atoms. The van der Waals surface area contributed by atoms with Gasteiger partial charge in [0.1, 0.15) is 18.1 Å². The second-order valence-electron chi connectivity index (χ2n) is 12.2. The molecule has 0 saturated carbocycles. The van der Waals surface area contributed by atoms with Crippen LogP contribution in [-0.4, -0.2) is 68.4 Å². The lowest BCUT2D eigenvalue weighted by atomic mass is 9.68. The highest BCUT2D eigenvalue weighted by Gasteiger charge is 2.54. The van der Waals surface area contributed by atoms with E-state index in [1.165, 1.54) is 19.2 Å². The fraction of sp³-hybridized carbons (Fsp3) is 0.353. The lowest BCUT2D eigenvalue weighted by Crippen LogP contribution is -2.48. The van der Waals surface area contributed by atoms with Crippen LogP contribution in [0.15, 0.2) is 71.8 Å². The highest BCUT2D eigenvalue weighted by atomic mass is 32.2. The smallest absolute Gasteiger partial charge is 0.262 e. The minimum Gasteiger partial charge on any atom is -0.497 e. The summed E-state index contributed by atoms with van der Waals surface area (Å²) in [6, 6.07) is 16.9. The Balaban J connectivity index is 1.21. The number of sulfonamides is 1. The number of hydrogen-bond acceptors (Lipinski definition) is 5. The van der Waals surface area contributed by atoms with E-state index in [1.54, 1.807) is 77.9 Å². The van der Waals surface area contributed by atoms with Gasteiger partial charge in [-0.2, -0.15) is 0 Å². The van der Waals surface area contributed by atoms with Gasteiger partial charge in [0.15, 0.2) is 0 Å². The number of benzene rings is 3. The number of carbonyl (C=O) groups is 2. The molecule has 4 aromatic rings. The summed E-state index contributed by atoms with van der Waals surface area (Å²) >= 11 is 0. The van der Waals surface area contributed by atoms with Gasteiger partial charge in [-0.3, -0.25) is 14.3 Å². The van der Waals surface area contributed by atoms with E-state index in [0.717, 1.165) is 10.9 Å². The number of aryl methyl sites for hydroxylation is 2. The number of para-hydroxylation sites is 1. The summed E-state index contributed by atoms with van der Waals surface area (Å²) in [7, 11) is -0.624. The van der Waals surface area contributed by atoms with Crippen LogP contribution in [0.5, 0.6) is 5.75 Å². The number of likely N-dealkylation sites (tertiary alicyclic amines) is 2. The van der Waals surface area contributed by atoms with E-state index in [4.69, 9.17) is 4.74 Å². The number of rotatable bonds is 7. The maximum atomic E-state index is 13.6. The number of aromatic nitrogens is 1. The van der Waals surface area contributed by atoms with Crippen molar-refractivity contribution in [2.45, 2.75) is 44.0 Å². The maximum absolute atomic E-state index is 13.6. The molecular weight excluding hydrogens is 595 g/mol. The molecule has 0 radical (unpaired) electrons. The summed E-state index contributed by atoms with van der Waals surface area (Å²) < 4.78 is 50.7. The van der Waals surface area contributed by atoms with Crippen molar-refractivity contribution in [1.82, 2.24) is 14.4 Å². The lowest BCUT2D eigenvalue weighted by molar-refractivity contribution is -0.142. The van der Waals surface area contributed by atoms with Gasteiger partial charge < -0.3 is 19.1 Å². The molecule has 45 heavy (non-hydrogen) atoms. The number of hydrogen-bond donors (Lipinski definition) is 1. The minimum atomic E-state index is -3.96. The Morgan fingerprint density at radius 2 is 1.71 bits per heavy atom. The SMILES string of the molecule is COc1cc(C)c(S(=O)(=O)Nc2cccc3ccn(CC(=O)N4CCC5(CC4)C(=O)N(C)CC5c4ccc(F)cc4)c23)c(C)c1. The summed E-state index contributed by atoms with van der Waals surface area (Å²) in [5.74, 6) is 0.149. The topological polar surface area (TPSA) is 101 Å². The summed E-state index contributed by atoms with van der Waals surface area (Å²) in [5.41, 5.74) is 2.41. The quantitative estimate of drug-likeness (QED) is 0.307. The van der Waals surface area contributed by atoms with Crippen molar-refractivity contribution in [1.29, 1.82) is 0 Å². The Bertz CT molecular complexity index is 1870. The summed E-state index contributed by atoms with van der Waals surface area (Å²) in [6.07, 6.45) is 2.82. The van der Waals surface area contributed by atoms with E-state index < -0.39 is 15.4 Å². The van der Waals surface area contributed by atoms with Crippen molar-refractivity contribution in [3.8, 4) is 5.75 Å². The number of carbonyl (C=O) groups excluding carboxylic acids is 2. The predicted octanol–water partition coefficient (Wildman–Crippen LogP) is 5.07. The highest BCUT2D eigenvalue weighted by molar-refractivity contribution is 7.92. The molecule has 11 heteroatoms. The van der Waals surface area contributed by atoms with Crippen molar-refractivity contribution < 1.29 is 27.1 Å². The molecule has 236 valence electrons. The van der Waals surface area contributed by atoms with Crippen LogP contribution in [0.3, 0.4) is 0 Å². The second kappa shape index (κ2) is 11.5. The van der Waals surface area contributed by atoms with Crippen LogP contribution in [0.4, 0.5) is 10.1 Å². The fourth-order valence-corrected chi connectivity index (χ4v) is 8.79. The van der Waals surface area contributed by atoms with Crippen molar-refractivity contribution >= 4 is 38.4 Å². The molecule has 1 N–H and O–H groups in total. The number of anilines is 1. The summed E-state index contributed by atoms with van der Waals surface area (Å²) in [4.78, 5) is 30.8. The van der Waals surface area contributed by atoms with E-state index in [-0.39, 0.29) is 35.0 Å². The van der Waals surface area contributed by atoms with E-state index in [0.29, 0.717) is 60.6 Å². The number of fused-ring (bicyclic) bond motifs is 1. The molecule has 2 saturated heterocycles. The van der Waals surface area contributed by atoms with Crippen LogP contribution in [-0.2, 0) is 26.2 Å². The average Bonchev–Trinajstić information content (AvgIpc) is 3.52. The molecule has 1 unspecified atom stereocenters. The Hall–Kier alpha value is -4.38. The standard InChI is InChI=1S/C34H37FN4O5S/c1-22-18-27(44-4)19-23(2)32(22)45(42,43)36-29-7-5-6-25-12-15-39(31(25)29)21-30(40)38-16-13-34(14-17-38)28(20-37(3)33(34)41)24-8-10-26(35)11-9-24/h5-12,15,18-19,28,36H,13-14,16-17,20-21H2,1-4H3. The zero-order valence-corrected chi connectivity index (χ0v) is 26.7. The zero-order chi connectivity index (χ0) is 32.1. The van der Waals surface area contributed by atoms with Gasteiger partial charge in [-0.05, 0) is 79.8 Å². The number of nitrogens with one attached hydrogen (secondary N) is 1. The van der Waals surface area contributed by atoms with E-state index >= 15 is 0 Å². The molecule has 1 aromatic heterocycles. The third kappa shape index (κ3) is 5.43. The van der Waals surface area contributed by atoms with Crippen LogP contribution in [0, 0.1) is 25.1 Å². The van der Waals surface area contributed by atoms with Crippen LogP contribution in [0.25, 0.3) is 10.9 Å². The number of amides is 2. The minimum absolute atomic E-state index is 0.0189. The van der Waals surface area contributed by atoms with Crippen molar-refractivity contribution in [2.24, 2.45) is 5.41 Å².